The summed E-state index contributed by atoms with van der Waals surface area (Å²) >= 11 is 3.62. The van der Waals surface area contributed by atoms with Crippen LogP contribution in [0, 0.1) is 0 Å². The average Bonchev–Trinajstić information content (AvgIpc) is 2.83. The fourth-order valence-electron chi connectivity index (χ4n) is 2.87. The molecular formula is C15H23BrN2O. The summed E-state index contributed by atoms with van der Waals surface area (Å²) in [4.78, 5) is 2.46. The van der Waals surface area contributed by atoms with Crippen molar-refractivity contribution in [3.05, 3.63) is 28.2 Å². The Morgan fingerprint density at radius 1 is 1.53 bits per heavy atom. The zero-order chi connectivity index (χ0) is 13.8. The molecular weight excluding hydrogens is 304 g/mol. The van der Waals surface area contributed by atoms with E-state index in [1.165, 1.54) is 18.5 Å². The van der Waals surface area contributed by atoms with Crippen molar-refractivity contribution in [2.45, 2.75) is 44.7 Å². The summed E-state index contributed by atoms with van der Waals surface area (Å²) in [5.74, 6) is 0. The third-order valence-corrected chi connectivity index (χ3v) is 4.57. The monoisotopic (exact) mass is 326 g/mol. The Balaban J connectivity index is 2.14. The fourth-order valence-corrected chi connectivity index (χ4v) is 3.59. The fraction of sp³-hybridized carbons (Fsp3) is 0.600. The summed E-state index contributed by atoms with van der Waals surface area (Å²) in [6, 6.07) is 7.08. The lowest BCUT2D eigenvalue weighted by atomic mass is 10.1. The van der Waals surface area contributed by atoms with E-state index in [0.717, 1.165) is 29.4 Å². The van der Waals surface area contributed by atoms with Crippen LogP contribution >= 0.6 is 15.9 Å². The number of halogens is 1. The minimum atomic E-state index is 0.0483. The van der Waals surface area contributed by atoms with Gasteiger partial charge in [0, 0.05) is 35.4 Å². The second-order valence-corrected chi connectivity index (χ2v) is 6.20. The summed E-state index contributed by atoms with van der Waals surface area (Å²) < 4.78 is 1.09. The molecule has 1 aliphatic rings. The van der Waals surface area contributed by atoms with Gasteiger partial charge in [-0.3, -0.25) is 0 Å². The highest BCUT2D eigenvalue weighted by atomic mass is 79.9. The van der Waals surface area contributed by atoms with Gasteiger partial charge in [-0.05, 0) is 50.3 Å². The molecule has 1 aliphatic heterocycles. The summed E-state index contributed by atoms with van der Waals surface area (Å²) in [7, 11) is 0. The molecule has 3 nitrogen and oxygen atoms in total. The quantitative estimate of drug-likeness (QED) is 0.873. The molecule has 0 aromatic heterocycles. The number of hydrogen-bond acceptors (Lipinski definition) is 3. The Morgan fingerprint density at radius 2 is 2.32 bits per heavy atom. The highest BCUT2D eigenvalue weighted by Crippen LogP contribution is 2.32. The topological polar surface area (TPSA) is 49.5 Å². The van der Waals surface area contributed by atoms with Crippen molar-refractivity contribution in [1.82, 2.24) is 0 Å². The maximum Gasteiger partial charge on any atom is 0.0431 e. The Bertz CT molecular complexity index is 423. The third-order valence-electron chi connectivity index (χ3n) is 3.88. The lowest BCUT2D eigenvalue weighted by molar-refractivity contribution is 0.279. The van der Waals surface area contributed by atoms with Crippen LogP contribution < -0.4 is 10.6 Å². The summed E-state index contributed by atoms with van der Waals surface area (Å²) in [5, 5.41) is 8.99. The molecule has 1 aromatic carbocycles. The summed E-state index contributed by atoms with van der Waals surface area (Å²) in [6.07, 6.45) is 4.43. The number of nitrogens with two attached hydrogens (primary N) is 1. The maximum absolute atomic E-state index is 8.99. The van der Waals surface area contributed by atoms with E-state index < -0.39 is 0 Å². The molecule has 2 rings (SSSR count). The van der Waals surface area contributed by atoms with Gasteiger partial charge in [0.2, 0.25) is 0 Å². The Hall–Kier alpha value is -0.580. The van der Waals surface area contributed by atoms with Crippen LogP contribution in [-0.4, -0.2) is 24.3 Å². The molecule has 1 saturated heterocycles. The molecule has 4 heteroatoms. The molecule has 106 valence electrons. The number of hydrogen-bond donors (Lipinski definition) is 2. The van der Waals surface area contributed by atoms with E-state index in [-0.39, 0.29) is 12.6 Å². The normalized spacial score (nSPS) is 20.8. The number of rotatable bonds is 5. The molecule has 2 atom stereocenters. The van der Waals surface area contributed by atoms with Crippen LogP contribution in [0.1, 0.15) is 44.2 Å². The zero-order valence-corrected chi connectivity index (χ0v) is 13.1. The van der Waals surface area contributed by atoms with Gasteiger partial charge in [-0.1, -0.05) is 22.0 Å². The first-order valence-electron chi connectivity index (χ1n) is 7.06. The molecule has 1 unspecified atom stereocenters. The molecule has 1 aromatic rings. The van der Waals surface area contributed by atoms with Gasteiger partial charge < -0.3 is 15.7 Å². The van der Waals surface area contributed by atoms with E-state index in [1.807, 2.05) is 6.92 Å². The van der Waals surface area contributed by atoms with E-state index >= 15 is 0 Å². The van der Waals surface area contributed by atoms with Gasteiger partial charge >= 0.3 is 0 Å². The van der Waals surface area contributed by atoms with Crippen molar-refractivity contribution in [3.63, 3.8) is 0 Å². The van der Waals surface area contributed by atoms with E-state index in [9.17, 15) is 0 Å². The van der Waals surface area contributed by atoms with Gasteiger partial charge in [0.05, 0.1) is 0 Å². The van der Waals surface area contributed by atoms with Crippen molar-refractivity contribution >= 4 is 21.6 Å². The van der Waals surface area contributed by atoms with Crippen LogP contribution in [-0.2, 0) is 0 Å². The zero-order valence-electron chi connectivity index (χ0n) is 11.5. The Labute approximate surface area is 123 Å². The molecule has 3 N–H and O–H groups in total. The molecule has 1 fully saturated rings. The maximum atomic E-state index is 8.99. The van der Waals surface area contributed by atoms with Crippen molar-refractivity contribution in [1.29, 1.82) is 0 Å². The van der Waals surface area contributed by atoms with Gasteiger partial charge in [-0.2, -0.15) is 0 Å². The van der Waals surface area contributed by atoms with Crippen LogP contribution in [0.3, 0.4) is 0 Å². The number of benzene rings is 1. The van der Waals surface area contributed by atoms with Crippen LogP contribution in [0.4, 0.5) is 5.69 Å². The number of nitrogens with zero attached hydrogens (tertiary/aromatic N) is 1. The first-order valence-corrected chi connectivity index (χ1v) is 7.85. The smallest absolute Gasteiger partial charge is 0.0431 e. The summed E-state index contributed by atoms with van der Waals surface area (Å²) in [6.45, 7) is 3.40. The summed E-state index contributed by atoms with van der Waals surface area (Å²) in [5.41, 5.74) is 8.35. The van der Waals surface area contributed by atoms with E-state index in [0.29, 0.717) is 6.04 Å². The van der Waals surface area contributed by atoms with Crippen LogP contribution in [0.2, 0.25) is 0 Å². The molecule has 0 radical (unpaired) electrons. The standard InChI is InChI=1S/C15H23BrN2O/c1-11(17)14-7-6-13(10-15(14)16)18-8-2-4-12(18)5-3-9-19/h6-7,10-12,19H,2-5,8-9,17H2,1H3/t11-,12?/m1/s1. The molecule has 0 spiro atoms. The van der Waals surface area contributed by atoms with Crippen molar-refractivity contribution in [3.8, 4) is 0 Å². The molecule has 0 bridgehead atoms. The van der Waals surface area contributed by atoms with Crippen LogP contribution in [0.15, 0.2) is 22.7 Å². The molecule has 0 aliphatic carbocycles. The van der Waals surface area contributed by atoms with Crippen molar-refractivity contribution < 1.29 is 5.11 Å². The lowest BCUT2D eigenvalue weighted by Crippen LogP contribution is -2.29. The minimum absolute atomic E-state index is 0.0483. The first kappa shape index (κ1) is 14.8. The predicted octanol–water partition coefficient (Wildman–Crippen LogP) is 3.21. The lowest BCUT2D eigenvalue weighted by Gasteiger charge is -2.27. The second-order valence-electron chi connectivity index (χ2n) is 5.35. The Kier molecular flexibility index (Phi) is 5.25. The number of aliphatic hydroxyl groups is 1. The predicted molar refractivity (Wildman–Crippen MR) is 83.4 cm³/mol. The van der Waals surface area contributed by atoms with E-state index in [4.69, 9.17) is 10.8 Å². The highest BCUT2D eigenvalue weighted by molar-refractivity contribution is 9.10. The van der Waals surface area contributed by atoms with Gasteiger partial charge in [0.1, 0.15) is 0 Å². The molecule has 19 heavy (non-hydrogen) atoms. The highest BCUT2D eigenvalue weighted by Gasteiger charge is 2.24. The largest absolute Gasteiger partial charge is 0.396 e. The van der Waals surface area contributed by atoms with E-state index in [2.05, 4.69) is 39.0 Å². The molecule has 0 amide bonds. The molecule has 1 heterocycles. The average molecular weight is 327 g/mol. The molecule has 0 saturated carbocycles. The van der Waals surface area contributed by atoms with Gasteiger partial charge in [-0.25, -0.2) is 0 Å². The minimum Gasteiger partial charge on any atom is -0.396 e. The first-order chi connectivity index (χ1) is 9.13. The van der Waals surface area contributed by atoms with Gasteiger partial charge in [0.15, 0.2) is 0 Å². The van der Waals surface area contributed by atoms with E-state index in [1.54, 1.807) is 0 Å². The van der Waals surface area contributed by atoms with Crippen LogP contribution in [0.5, 0.6) is 0 Å². The SMILES string of the molecule is C[C@@H](N)c1ccc(N2CCCC2CCCO)cc1Br. The van der Waals surface area contributed by atoms with Gasteiger partial charge in [-0.15, -0.1) is 0 Å². The second kappa shape index (κ2) is 6.73. The number of aliphatic hydroxyl groups excluding tert-OH is 1. The third kappa shape index (κ3) is 3.50. The van der Waals surface area contributed by atoms with Gasteiger partial charge in [0.25, 0.3) is 0 Å². The van der Waals surface area contributed by atoms with Crippen molar-refractivity contribution in [2.75, 3.05) is 18.1 Å². The number of anilines is 1. The van der Waals surface area contributed by atoms with Crippen LogP contribution in [0.25, 0.3) is 0 Å². The Morgan fingerprint density at radius 3 is 2.95 bits per heavy atom. The van der Waals surface area contributed by atoms with Crippen molar-refractivity contribution in [2.24, 2.45) is 5.73 Å².